The Morgan fingerprint density at radius 1 is 1.47 bits per heavy atom. The number of benzene rings is 1. The van der Waals surface area contributed by atoms with Crippen LogP contribution in [0.1, 0.15) is 19.8 Å². The summed E-state index contributed by atoms with van der Waals surface area (Å²) in [4.78, 5) is 11.1. The van der Waals surface area contributed by atoms with E-state index in [4.69, 9.17) is 5.11 Å². The summed E-state index contributed by atoms with van der Waals surface area (Å²) >= 11 is 0. The van der Waals surface area contributed by atoms with Crippen LogP contribution in [0.4, 0.5) is 0 Å². The third-order valence-corrected chi connectivity index (χ3v) is 3.12. The molecule has 5 nitrogen and oxygen atoms in total. The van der Waals surface area contributed by atoms with Crippen molar-refractivity contribution in [2.45, 2.75) is 32.4 Å². The molecule has 2 N–H and O–H groups in total. The molecule has 1 heterocycles. The topological polar surface area (TPSA) is 67.2 Å². The largest absolute Gasteiger partial charge is 0.480 e. The van der Waals surface area contributed by atoms with E-state index in [1.807, 2.05) is 42.1 Å². The molecule has 0 saturated heterocycles. The Hall–Kier alpha value is -1.88. The number of rotatable bonds is 7. The van der Waals surface area contributed by atoms with Crippen LogP contribution in [0, 0.1) is 0 Å². The van der Waals surface area contributed by atoms with Gasteiger partial charge in [-0.05, 0) is 25.5 Å². The summed E-state index contributed by atoms with van der Waals surface area (Å²) in [6.45, 7) is 3.34. The quantitative estimate of drug-likeness (QED) is 0.798. The van der Waals surface area contributed by atoms with Gasteiger partial charge in [-0.15, -0.1) is 0 Å². The molecule has 1 atom stereocenters. The van der Waals surface area contributed by atoms with E-state index in [9.17, 15) is 4.79 Å². The van der Waals surface area contributed by atoms with E-state index in [2.05, 4.69) is 10.4 Å². The zero-order chi connectivity index (χ0) is 13.7. The lowest BCUT2D eigenvalue weighted by Crippen LogP contribution is -2.38. The summed E-state index contributed by atoms with van der Waals surface area (Å²) < 4.78 is 1.86. The number of carboxylic acids is 1. The van der Waals surface area contributed by atoms with Gasteiger partial charge in [0, 0.05) is 11.9 Å². The second-order valence-corrected chi connectivity index (χ2v) is 4.56. The molecule has 0 aliphatic rings. The standard InChI is InChI=1S/C14H19N3O2/c1-2-8-15-12(14(18)19)7-9-17-13-6-4-3-5-11(13)10-16-17/h3-6,10,12,15H,2,7-9H2,1H3,(H,18,19). The van der Waals surface area contributed by atoms with Crippen LogP contribution in [0.5, 0.6) is 0 Å². The number of fused-ring (bicyclic) bond motifs is 1. The van der Waals surface area contributed by atoms with Crippen molar-refractivity contribution >= 4 is 16.9 Å². The lowest BCUT2D eigenvalue weighted by atomic mass is 10.2. The molecule has 0 radical (unpaired) electrons. The third kappa shape index (κ3) is 3.32. The number of aromatic nitrogens is 2. The fraction of sp³-hybridized carbons (Fsp3) is 0.429. The van der Waals surface area contributed by atoms with Crippen molar-refractivity contribution in [1.82, 2.24) is 15.1 Å². The van der Waals surface area contributed by atoms with Crippen LogP contribution in [0.15, 0.2) is 30.5 Å². The maximum absolute atomic E-state index is 11.1. The van der Waals surface area contributed by atoms with Gasteiger partial charge in [0.15, 0.2) is 0 Å². The highest BCUT2D eigenvalue weighted by atomic mass is 16.4. The molecule has 1 aromatic heterocycles. The van der Waals surface area contributed by atoms with Gasteiger partial charge >= 0.3 is 5.97 Å². The number of nitrogens with one attached hydrogen (secondary N) is 1. The second-order valence-electron chi connectivity index (χ2n) is 4.56. The Morgan fingerprint density at radius 2 is 2.26 bits per heavy atom. The van der Waals surface area contributed by atoms with Crippen LogP contribution in [-0.2, 0) is 11.3 Å². The molecule has 2 aromatic rings. The van der Waals surface area contributed by atoms with Crippen LogP contribution in [0.25, 0.3) is 10.9 Å². The summed E-state index contributed by atoms with van der Waals surface area (Å²) in [5, 5.41) is 17.6. The fourth-order valence-corrected chi connectivity index (χ4v) is 2.09. The minimum atomic E-state index is -0.801. The zero-order valence-electron chi connectivity index (χ0n) is 11.0. The van der Waals surface area contributed by atoms with Crippen molar-refractivity contribution in [1.29, 1.82) is 0 Å². The van der Waals surface area contributed by atoms with Gasteiger partial charge in [0.05, 0.1) is 11.7 Å². The van der Waals surface area contributed by atoms with Gasteiger partial charge < -0.3 is 10.4 Å². The van der Waals surface area contributed by atoms with Crippen LogP contribution < -0.4 is 5.32 Å². The lowest BCUT2D eigenvalue weighted by Gasteiger charge is -2.14. The molecule has 0 spiro atoms. The second kappa shape index (κ2) is 6.33. The van der Waals surface area contributed by atoms with Gasteiger partial charge in [0.2, 0.25) is 0 Å². The van der Waals surface area contributed by atoms with Gasteiger partial charge in [-0.2, -0.15) is 5.10 Å². The van der Waals surface area contributed by atoms with Crippen LogP contribution in [0.2, 0.25) is 0 Å². The average molecular weight is 261 g/mol. The number of hydrogen-bond donors (Lipinski definition) is 2. The van der Waals surface area contributed by atoms with Gasteiger partial charge in [0.25, 0.3) is 0 Å². The van der Waals surface area contributed by atoms with Gasteiger partial charge in [-0.1, -0.05) is 25.1 Å². The van der Waals surface area contributed by atoms with Crippen LogP contribution >= 0.6 is 0 Å². The molecule has 1 aromatic carbocycles. The molecule has 0 amide bonds. The first-order valence-electron chi connectivity index (χ1n) is 6.59. The summed E-state index contributed by atoms with van der Waals surface area (Å²) in [7, 11) is 0. The summed E-state index contributed by atoms with van der Waals surface area (Å²) in [6, 6.07) is 7.42. The van der Waals surface area contributed by atoms with Crippen molar-refractivity contribution in [2.75, 3.05) is 6.54 Å². The van der Waals surface area contributed by atoms with Crippen LogP contribution in [-0.4, -0.2) is 33.4 Å². The van der Waals surface area contributed by atoms with Crippen molar-refractivity contribution in [2.24, 2.45) is 0 Å². The molecule has 0 aliphatic carbocycles. The fourth-order valence-electron chi connectivity index (χ4n) is 2.09. The first kappa shape index (κ1) is 13.5. The Bertz CT molecular complexity index is 550. The summed E-state index contributed by atoms with van der Waals surface area (Å²) in [5.41, 5.74) is 1.04. The number of aryl methyl sites for hydroxylation is 1. The smallest absolute Gasteiger partial charge is 0.320 e. The summed E-state index contributed by atoms with van der Waals surface area (Å²) in [6.07, 6.45) is 3.26. The number of carboxylic acid groups (broad SMARTS) is 1. The highest BCUT2D eigenvalue weighted by Crippen LogP contribution is 2.13. The van der Waals surface area contributed by atoms with Crippen LogP contribution in [0.3, 0.4) is 0 Å². The van der Waals surface area contributed by atoms with Gasteiger partial charge in [0.1, 0.15) is 6.04 Å². The molecule has 102 valence electrons. The zero-order valence-corrected chi connectivity index (χ0v) is 11.0. The van der Waals surface area contributed by atoms with E-state index in [0.717, 1.165) is 23.9 Å². The van der Waals surface area contributed by atoms with E-state index in [-0.39, 0.29) is 0 Å². The Balaban J connectivity index is 2.02. The van der Waals surface area contributed by atoms with Gasteiger partial charge in [-0.25, -0.2) is 0 Å². The minimum absolute atomic E-state index is 0.511. The average Bonchev–Trinajstić information content (AvgIpc) is 2.82. The van der Waals surface area contributed by atoms with E-state index in [1.54, 1.807) is 0 Å². The Morgan fingerprint density at radius 3 is 3.00 bits per heavy atom. The highest BCUT2D eigenvalue weighted by molar-refractivity contribution is 5.78. The monoisotopic (exact) mass is 261 g/mol. The third-order valence-electron chi connectivity index (χ3n) is 3.12. The first-order valence-corrected chi connectivity index (χ1v) is 6.59. The molecular formula is C14H19N3O2. The van der Waals surface area contributed by atoms with Gasteiger partial charge in [-0.3, -0.25) is 9.48 Å². The van der Waals surface area contributed by atoms with Crippen molar-refractivity contribution in [3.63, 3.8) is 0 Å². The van der Waals surface area contributed by atoms with Crippen molar-refractivity contribution in [3.8, 4) is 0 Å². The normalized spacial score (nSPS) is 12.7. The number of carbonyl (C=O) groups is 1. The molecule has 0 fully saturated rings. The number of aliphatic carboxylic acids is 1. The maximum atomic E-state index is 11.1. The summed E-state index contributed by atoms with van der Waals surface area (Å²) in [5.74, 6) is -0.801. The minimum Gasteiger partial charge on any atom is -0.480 e. The van der Waals surface area contributed by atoms with E-state index in [0.29, 0.717) is 13.0 Å². The lowest BCUT2D eigenvalue weighted by molar-refractivity contribution is -0.139. The Labute approximate surface area is 112 Å². The molecule has 0 bridgehead atoms. The number of nitrogens with zero attached hydrogens (tertiary/aromatic N) is 2. The SMILES string of the molecule is CCCNC(CCn1ncc2ccccc21)C(=O)O. The number of hydrogen-bond acceptors (Lipinski definition) is 3. The van der Waals surface area contributed by atoms with E-state index >= 15 is 0 Å². The molecule has 1 unspecified atom stereocenters. The molecule has 19 heavy (non-hydrogen) atoms. The Kier molecular flexibility index (Phi) is 4.52. The molecule has 0 saturated carbocycles. The van der Waals surface area contributed by atoms with E-state index in [1.165, 1.54) is 0 Å². The highest BCUT2D eigenvalue weighted by Gasteiger charge is 2.16. The van der Waals surface area contributed by atoms with Crippen molar-refractivity contribution in [3.05, 3.63) is 30.5 Å². The molecule has 0 aliphatic heterocycles. The first-order chi connectivity index (χ1) is 9.22. The number of para-hydroxylation sites is 1. The predicted octanol–water partition coefficient (Wildman–Crippen LogP) is 1.88. The molecular weight excluding hydrogens is 242 g/mol. The molecule has 5 heteroatoms. The van der Waals surface area contributed by atoms with E-state index < -0.39 is 12.0 Å². The van der Waals surface area contributed by atoms with Crippen molar-refractivity contribution < 1.29 is 9.90 Å². The predicted molar refractivity (Wildman–Crippen MR) is 74.1 cm³/mol. The molecule has 2 rings (SSSR count). The maximum Gasteiger partial charge on any atom is 0.320 e.